The van der Waals surface area contributed by atoms with Crippen molar-refractivity contribution in [3.8, 4) is 0 Å². The summed E-state index contributed by atoms with van der Waals surface area (Å²) in [7, 11) is 0. The first-order valence-electron chi connectivity index (χ1n) is 4.01. The average Bonchev–Trinajstić information content (AvgIpc) is 2.16. The summed E-state index contributed by atoms with van der Waals surface area (Å²) in [5.41, 5.74) is -1.38. The second kappa shape index (κ2) is 8.02. The van der Waals surface area contributed by atoms with Gasteiger partial charge in [0.05, 0.1) is 11.9 Å². The van der Waals surface area contributed by atoms with E-state index in [0.717, 1.165) is 13.0 Å². The predicted molar refractivity (Wildman–Crippen MR) is 45.1 cm³/mol. The largest absolute Gasteiger partial charge is 1.00 e. The number of carboxylic acids is 2. The molecule has 0 saturated carbocycles. The molecule has 0 spiro atoms. The van der Waals surface area contributed by atoms with Gasteiger partial charge >= 0.3 is 59.1 Å². The smallest absolute Gasteiger partial charge is 0.545 e. The standard InChI is InChI=1S/C10H8O5.2Na/c1-5(11)6-3-2-4-7(9(12)13)8(6)10(14)15;;/h2-4H,1H3,(H,12,13)(H,14,15);;/q;2*+1/p-2. The SMILES string of the molecule is CC(=O)c1cccc(C(=O)[O-])c1C(=O)[O-].[Na+].[Na+]. The summed E-state index contributed by atoms with van der Waals surface area (Å²) < 4.78 is 0. The number of carbonyl (C=O) groups excluding carboxylic acids is 3. The van der Waals surface area contributed by atoms with E-state index in [1.807, 2.05) is 0 Å². The molecule has 0 aliphatic carbocycles. The summed E-state index contributed by atoms with van der Waals surface area (Å²) in [6.07, 6.45) is 0. The van der Waals surface area contributed by atoms with E-state index < -0.39 is 28.8 Å². The van der Waals surface area contributed by atoms with Gasteiger partial charge < -0.3 is 19.8 Å². The molecule has 0 atom stereocenters. The number of rotatable bonds is 3. The number of benzene rings is 1. The molecule has 0 amide bonds. The fourth-order valence-electron chi connectivity index (χ4n) is 1.24. The summed E-state index contributed by atoms with van der Waals surface area (Å²) in [4.78, 5) is 32.3. The maximum atomic E-state index is 11.0. The quantitative estimate of drug-likeness (QED) is 0.393. The van der Waals surface area contributed by atoms with Gasteiger partial charge in [0.2, 0.25) is 0 Å². The molecule has 0 aliphatic rings. The number of hydrogen-bond donors (Lipinski definition) is 0. The van der Waals surface area contributed by atoms with Gasteiger partial charge in [-0.15, -0.1) is 0 Å². The van der Waals surface area contributed by atoms with Crippen LogP contribution in [0.3, 0.4) is 0 Å². The van der Waals surface area contributed by atoms with Crippen LogP contribution in [-0.4, -0.2) is 17.7 Å². The Labute approximate surface area is 142 Å². The second-order valence-electron chi connectivity index (χ2n) is 2.86. The topological polar surface area (TPSA) is 97.3 Å². The molecule has 0 aromatic heterocycles. The minimum atomic E-state index is -1.71. The van der Waals surface area contributed by atoms with Gasteiger partial charge in [-0.05, 0) is 6.92 Å². The Morgan fingerprint density at radius 1 is 0.941 bits per heavy atom. The normalized spacial score (nSPS) is 8.53. The third-order valence-corrected chi connectivity index (χ3v) is 1.87. The van der Waals surface area contributed by atoms with Gasteiger partial charge in [-0.3, -0.25) is 4.79 Å². The van der Waals surface area contributed by atoms with E-state index in [0.29, 0.717) is 0 Å². The van der Waals surface area contributed by atoms with Crippen molar-refractivity contribution < 1.29 is 83.7 Å². The van der Waals surface area contributed by atoms with Crippen molar-refractivity contribution in [1.82, 2.24) is 0 Å². The molecule has 5 nitrogen and oxygen atoms in total. The third-order valence-electron chi connectivity index (χ3n) is 1.87. The molecular formula is C10H6Na2O5. The zero-order valence-electron chi connectivity index (χ0n) is 9.77. The Kier molecular flexibility index (Phi) is 9.05. The van der Waals surface area contributed by atoms with Crippen LogP contribution in [0.4, 0.5) is 0 Å². The first-order chi connectivity index (χ1) is 6.95. The van der Waals surface area contributed by atoms with E-state index in [1.165, 1.54) is 12.1 Å². The molecular weight excluding hydrogens is 246 g/mol. The molecule has 0 heterocycles. The van der Waals surface area contributed by atoms with Crippen LogP contribution in [0.2, 0.25) is 0 Å². The van der Waals surface area contributed by atoms with Gasteiger partial charge in [0.15, 0.2) is 5.78 Å². The summed E-state index contributed by atoms with van der Waals surface area (Å²) in [5.74, 6) is -3.91. The van der Waals surface area contributed by atoms with Crippen molar-refractivity contribution >= 4 is 17.7 Å². The molecule has 0 fully saturated rings. The monoisotopic (exact) mass is 252 g/mol. The Bertz CT molecular complexity index is 424. The molecule has 17 heavy (non-hydrogen) atoms. The number of aromatic carboxylic acids is 2. The van der Waals surface area contributed by atoms with Crippen LogP contribution in [0.5, 0.6) is 0 Å². The van der Waals surface area contributed by atoms with E-state index in [-0.39, 0.29) is 64.7 Å². The molecule has 0 bridgehead atoms. The molecule has 0 unspecified atom stereocenters. The summed E-state index contributed by atoms with van der Waals surface area (Å²) in [5, 5.41) is 21.3. The predicted octanol–water partition coefficient (Wildman–Crippen LogP) is -7.38. The van der Waals surface area contributed by atoms with Crippen LogP contribution in [0.15, 0.2) is 18.2 Å². The average molecular weight is 252 g/mol. The maximum absolute atomic E-state index is 11.0. The number of hydrogen-bond acceptors (Lipinski definition) is 5. The fraction of sp³-hybridized carbons (Fsp3) is 0.100. The molecule has 1 rings (SSSR count). The van der Waals surface area contributed by atoms with E-state index in [2.05, 4.69) is 0 Å². The van der Waals surface area contributed by atoms with Crippen LogP contribution in [-0.2, 0) is 0 Å². The van der Waals surface area contributed by atoms with Crippen LogP contribution < -0.4 is 69.3 Å². The zero-order valence-corrected chi connectivity index (χ0v) is 13.8. The Hall–Kier alpha value is -0.170. The minimum absolute atomic E-state index is 0. The molecule has 0 saturated heterocycles. The first kappa shape index (κ1) is 19.2. The molecule has 0 aliphatic heterocycles. The van der Waals surface area contributed by atoms with Crippen molar-refractivity contribution in [1.29, 1.82) is 0 Å². The Morgan fingerprint density at radius 2 is 1.41 bits per heavy atom. The summed E-state index contributed by atoms with van der Waals surface area (Å²) in [6, 6.07) is 3.54. The number of carboxylic acid groups (broad SMARTS) is 2. The van der Waals surface area contributed by atoms with Crippen LogP contribution in [0.1, 0.15) is 38.0 Å². The minimum Gasteiger partial charge on any atom is -0.545 e. The molecule has 1 aromatic rings. The van der Waals surface area contributed by atoms with Gasteiger partial charge in [-0.2, -0.15) is 0 Å². The molecule has 7 heteroatoms. The van der Waals surface area contributed by atoms with Crippen molar-refractivity contribution in [2.24, 2.45) is 0 Å². The van der Waals surface area contributed by atoms with Crippen LogP contribution in [0.25, 0.3) is 0 Å². The zero-order chi connectivity index (χ0) is 11.6. The van der Waals surface area contributed by atoms with Gasteiger partial charge in [0, 0.05) is 16.7 Å². The van der Waals surface area contributed by atoms with E-state index >= 15 is 0 Å². The van der Waals surface area contributed by atoms with Crippen molar-refractivity contribution in [2.45, 2.75) is 6.92 Å². The molecule has 0 N–H and O–H groups in total. The van der Waals surface area contributed by atoms with Crippen LogP contribution in [0, 0.1) is 0 Å². The molecule has 1 aromatic carbocycles. The van der Waals surface area contributed by atoms with Gasteiger partial charge in [-0.1, -0.05) is 18.2 Å². The van der Waals surface area contributed by atoms with Crippen molar-refractivity contribution in [3.63, 3.8) is 0 Å². The summed E-state index contributed by atoms with van der Waals surface area (Å²) in [6.45, 7) is 1.14. The third kappa shape index (κ3) is 4.54. The van der Waals surface area contributed by atoms with E-state index in [9.17, 15) is 24.6 Å². The Balaban J connectivity index is 0. The van der Waals surface area contributed by atoms with Crippen molar-refractivity contribution in [3.05, 3.63) is 34.9 Å². The Morgan fingerprint density at radius 3 is 1.76 bits per heavy atom. The maximum Gasteiger partial charge on any atom is 1.00 e. The fourth-order valence-corrected chi connectivity index (χ4v) is 1.24. The van der Waals surface area contributed by atoms with Gasteiger partial charge in [0.1, 0.15) is 0 Å². The molecule has 0 radical (unpaired) electrons. The number of ketones is 1. The number of carbonyl (C=O) groups is 3. The molecule has 78 valence electrons. The first-order valence-corrected chi connectivity index (χ1v) is 4.01. The van der Waals surface area contributed by atoms with Gasteiger partial charge in [-0.25, -0.2) is 0 Å². The van der Waals surface area contributed by atoms with Gasteiger partial charge in [0.25, 0.3) is 0 Å². The van der Waals surface area contributed by atoms with Crippen molar-refractivity contribution in [2.75, 3.05) is 0 Å². The second-order valence-corrected chi connectivity index (χ2v) is 2.86. The van der Waals surface area contributed by atoms with E-state index in [1.54, 1.807) is 0 Å². The number of Topliss-reactive ketones (excluding diaryl/α,β-unsaturated/α-hetero) is 1. The van der Waals surface area contributed by atoms with Crippen LogP contribution >= 0.6 is 0 Å². The summed E-state index contributed by atoms with van der Waals surface area (Å²) >= 11 is 0. The van der Waals surface area contributed by atoms with E-state index in [4.69, 9.17) is 0 Å².